The summed E-state index contributed by atoms with van der Waals surface area (Å²) in [7, 11) is 0. The molecular formula is C26H26N4O4. The fourth-order valence-electron chi connectivity index (χ4n) is 4.17. The van der Waals surface area contributed by atoms with Crippen molar-refractivity contribution in [3.8, 4) is 0 Å². The molecule has 1 N–H and O–H groups in total. The van der Waals surface area contributed by atoms with Crippen LogP contribution >= 0.6 is 0 Å². The second-order valence-corrected chi connectivity index (χ2v) is 8.30. The Bertz CT molecular complexity index is 1230. The Morgan fingerprint density at radius 1 is 0.853 bits per heavy atom. The predicted octanol–water partition coefficient (Wildman–Crippen LogP) is 4.43. The van der Waals surface area contributed by atoms with E-state index >= 15 is 0 Å². The van der Waals surface area contributed by atoms with Crippen LogP contribution in [0.3, 0.4) is 0 Å². The van der Waals surface area contributed by atoms with Gasteiger partial charge in [0.15, 0.2) is 0 Å². The van der Waals surface area contributed by atoms with Gasteiger partial charge in [-0.1, -0.05) is 24.3 Å². The number of hydrogen-bond acceptors (Lipinski definition) is 5. The van der Waals surface area contributed by atoms with Crippen LogP contribution in [0, 0.1) is 24.0 Å². The standard InChI is InChI=1S/C26H26N4O4/c1-18-6-3-4-7-22(18)26(32)29-16-14-28(15-17-29)21-12-10-20(11-13-21)27-25(31)23-8-5-9-24(19(23)2)30(33)34/h3-13H,14-17H2,1-2H3,(H,27,31). The maximum absolute atomic E-state index is 12.8. The van der Waals surface area contributed by atoms with Gasteiger partial charge in [0.05, 0.1) is 4.92 Å². The van der Waals surface area contributed by atoms with Crippen molar-refractivity contribution in [3.63, 3.8) is 0 Å². The topological polar surface area (TPSA) is 95.8 Å². The highest BCUT2D eigenvalue weighted by molar-refractivity contribution is 6.06. The Labute approximate surface area is 198 Å². The maximum Gasteiger partial charge on any atom is 0.273 e. The second-order valence-electron chi connectivity index (χ2n) is 8.30. The number of anilines is 2. The number of amides is 2. The van der Waals surface area contributed by atoms with Crippen LogP contribution in [0.25, 0.3) is 0 Å². The van der Waals surface area contributed by atoms with Crippen molar-refractivity contribution < 1.29 is 14.5 Å². The van der Waals surface area contributed by atoms with E-state index < -0.39 is 10.8 Å². The maximum atomic E-state index is 12.8. The van der Waals surface area contributed by atoms with Gasteiger partial charge in [-0.3, -0.25) is 19.7 Å². The van der Waals surface area contributed by atoms with Crippen molar-refractivity contribution in [3.05, 3.63) is 99.1 Å². The first-order valence-corrected chi connectivity index (χ1v) is 11.1. The summed E-state index contributed by atoms with van der Waals surface area (Å²) in [6, 6.07) is 19.6. The molecule has 1 saturated heterocycles. The molecule has 0 aromatic heterocycles. The molecule has 3 aromatic carbocycles. The van der Waals surface area contributed by atoms with Crippen LogP contribution in [0.2, 0.25) is 0 Å². The Morgan fingerprint density at radius 2 is 1.50 bits per heavy atom. The van der Waals surface area contributed by atoms with E-state index in [1.165, 1.54) is 12.1 Å². The molecule has 0 bridgehead atoms. The summed E-state index contributed by atoms with van der Waals surface area (Å²) in [6.07, 6.45) is 0. The highest BCUT2D eigenvalue weighted by Gasteiger charge is 2.23. The van der Waals surface area contributed by atoms with Gasteiger partial charge in [-0.05, 0) is 55.8 Å². The van der Waals surface area contributed by atoms with Crippen LogP contribution in [0.5, 0.6) is 0 Å². The van der Waals surface area contributed by atoms with Gasteiger partial charge in [-0.2, -0.15) is 0 Å². The number of piperazine rings is 1. The quantitative estimate of drug-likeness (QED) is 0.451. The fraction of sp³-hybridized carbons (Fsp3) is 0.231. The number of hydrogen-bond donors (Lipinski definition) is 1. The molecule has 1 aliphatic rings. The molecule has 0 atom stereocenters. The van der Waals surface area contributed by atoms with Gasteiger partial charge in [0.2, 0.25) is 0 Å². The van der Waals surface area contributed by atoms with Crippen LogP contribution in [0.4, 0.5) is 17.1 Å². The van der Waals surface area contributed by atoms with Gasteiger partial charge in [0, 0.05) is 60.3 Å². The van der Waals surface area contributed by atoms with Crippen molar-refractivity contribution in [2.75, 3.05) is 36.4 Å². The number of carbonyl (C=O) groups excluding carboxylic acids is 2. The Hall–Kier alpha value is -4.20. The fourth-order valence-corrected chi connectivity index (χ4v) is 4.17. The average molecular weight is 459 g/mol. The first kappa shape index (κ1) is 23.0. The van der Waals surface area contributed by atoms with E-state index in [-0.39, 0.29) is 17.2 Å². The third-order valence-corrected chi connectivity index (χ3v) is 6.18. The van der Waals surface area contributed by atoms with E-state index in [4.69, 9.17) is 0 Å². The van der Waals surface area contributed by atoms with Crippen LogP contribution < -0.4 is 10.2 Å². The zero-order chi connectivity index (χ0) is 24.2. The molecule has 1 fully saturated rings. The van der Waals surface area contributed by atoms with Gasteiger partial charge in [-0.25, -0.2) is 0 Å². The third kappa shape index (κ3) is 4.76. The largest absolute Gasteiger partial charge is 0.368 e. The summed E-state index contributed by atoms with van der Waals surface area (Å²) >= 11 is 0. The first-order chi connectivity index (χ1) is 16.3. The summed E-state index contributed by atoms with van der Waals surface area (Å²) in [5.74, 6) is -0.329. The van der Waals surface area contributed by atoms with E-state index in [0.717, 1.165) is 29.9 Å². The second kappa shape index (κ2) is 9.74. The molecule has 3 aromatic rings. The molecule has 1 aliphatic heterocycles. The number of nitrogens with zero attached hydrogens (tertiary/aromatic N) is 3. The zero-order valence-electron chi connectivity index (χ0n) is 19.2. The number of rotatable bonds is 5. The molecule has 0 saturated carbocycles. The molecule has 174 valence electrons. The molecule has 34 heavy (non-hydrogen) atoms. The summed E-state index contributed by atoms with van der Waals surface area (Å²) in [4.78, 5) is 40.2. The number of benzene rings is 3. The normalized spacial score (nSPS) is 13.5. The predicted molar refractivity (Wildman–Crippen MR) is 132 cm³/mol. The zero-order valence-corrected chi connectivity index (χ0v) is 19.2. The highest BCUT2D eigenvalue weighted by Crippen LogP contribution is 2.24. The number of nitro benzene ring substituents is 1. The molecule has 0 unspecified atom stereocenters. The van der Waals surface area contributed by atoms with Crippen molar-refractivity contribution in [2.24, 2.45) is 0 Å². The van der Waals surface area contributed by atoms with Crippen molar-refractivity contribution >= 4 is 28.9 Å². The first-order valence-electron chi connectivity index (χ1n) is 11.1. The average Bonchev–Trinajstić information content (AvgIpc) is 2.84. The lowest BCUT2D eigenvalue weighted by Gasteiger charge is -2.36. The monoisotopic (exact) mass is 458 g/mol. The Morgan fingerprint density at radius 3 is 2.15 bits per heavy atom. The van der Waals surface area contributed by atoms with Gasteiger partial charge >= 0.3 is 0 Å². The third-order valence-electron chi connectivity index (χ3n) is 6.18. The van der Waals surface area contributed by atoms with E-state index in [1.54, 1.807) is 13.0 Å². The van der Waals surface area contributed by atoms with E-state index in [9.17, 15) is 19.7 Å². The summed E-state index contributed by atoms with van der Waals surface area (Å²) in [5.41, 5.74) is 3.86. The van der Waals surface area contributed by atoms with Crippen LogP contribution in [0.15, 0.2) is 66.7 Å². The lowest BCUT2D eigenvalue weighted by Crippen LogP contribution is -2.48. The number of nitro groups is 1. The molecule has 2 amide bonds. The molecule has 8 heteroatoms. The van der Waals surface area contributed by atoms with Crippen LogP contribution in [-0.4, -0.2) is 47.8 Å². The summed E-state index contributed by atoms with van der Waals surface area (Å²) in [6.45, 7) is 6.23. The van der Waals surface area contributed by atoms with Crippen LogP contribution in [-0.2, 0) is 0 Å². The minimum atomic E-state index is -0.491. The number of nitrogens with one attached hydrogen (secondary N) is 1. The van der Waals surface area contributed by atoms with E-state index in [1.807, 2.05) is 60.4 Å². The van der Waals surface area contributed by atoms with Crippen molar-refractivity contribution in [1.29, 1.82) is 0 Å². The molecule has 8 nitrogen and oxygen atoms in total. The minimum absolute atomic E-state index is 0.0623. The molecule has 4 rings (SSSR count). The molecular weight excluding hydrogens is 432 g/mol. The Balaban J connectivity index is 1.37. The summed E-state index contributed by atoms with van der Waals surface area (Å²) < 4.78 is 0. The number of aryl methyl sites for hydroxylation is 1. The molecule has 1 heterocycles. The van der Waals surface area contributed by atoms with Crippen molar-refractivity contribution in [1.82, 2.24) is 4.90 Å². The molecule has 0 spiro atoms. The molecule has 0 aliphatic carbocycles. The van der Waals surface area contributed by atoms with E-state index in [2.05, 4.69) is 10.2 Å². The van der Waals surface area contributed by atoms with Gasteiger partial charge in [0.25, 0.3) is 17.5 Å². The van der Waals surface area contributed by atoms with E-state index in [0.29, 0.717) is 24.3 Å². The minimum Gasteiger partial charge on any atom is -0.368 e. The SMILES string of the molecule is Cc1ccccc1C(=O)N1CCN(c2ccc(NC(=O)c3cccc([N+](=O)[O-])c3C)cc2)CC1. The highest BCUT2D eigenvalue weighted by atomic mass is 16.6. The Kier molecular flexibility index (Phi) is 6.58. The van der Waals surface area contributed by atoms with Crippen molar-refractivity contribution in [2.45, 2.75) is 13.8 Å². The number of carbonyl (C=O) groups is 2. The lowest BCUT2D eigenvalue weighted by molar-refractivity contribution is -0.385. The van der Waals surface area contributed by atoms with Crippen LogP contribution in [0.1, 0.15) is 31.8 Å². The summed E-state index contributed by atoms with van der Waals surface area (Å²) in [5, 5.41) is 13.9. The lowest BCUT2D eigenvalue weighted by atomic mass is 10.1. The molecule has 0 radical (unpaired) electrons. The van der Waals surface area contributed by atoms with Gasteiger partial charge in [0.1, 0.15) is 0 Å². The van der Waals surface area contributed by atoms with Gasteiger partial charge in [-0.15, -0.1) is 0 Å². The smallest absolute Gasteiger partial charge is 0.273 e. The van der Waals surface area contributed by atoms with Gasteiger partial charge < -0.3 is 15.1 Å².